The number of nitrogens with zero attached hydrogens (tertiary/aromatic N) is 1. The van der Waals surface area contributed by atoms with Gasteiger partial charge in [0, 0.05) is 25.3 Å². The van der Waals surface area contributed by atoms with Gasteiger partial charge < -0.3 is 14.7 Å². The van der Waals surface area contributed by atoms with Crippen LogP contribution in [0.15, 0.2) is 24.3 Å². The fourth-order valence-corrected chi connectivity index (χ4v) is 3.02. The number of carbonyl (C=O) groups is 1. The Kier molecular flexibility index (Phi) is 4.45. The molecule has 0 spiro atoms. The minimum Gasteiger partial charge on any atom is -0.497 e. The summed E-state index contributed by atoms with van der Waals surface area (Å²) in [6.45, 7) is 0.765. The third kappa shape index (κ3) is 3.02. The van der Waals surface area contributed by atoms with E-state index in [0.717, 1.165) is 18.5 Å². The van der Waals surface area contributed by atoms with E-state index >= 15 is 0 Å². The van der Waals surface area contributed by atoms with Gasteiger partial charge in [-0.15, -0.1) is 0 Å². The molecule has 0 aromatic heterocycles. The van der Waals surface area contributed by atoms with E-state index in [2.05, 4.69) is 4.90 Å². The fraction of sp³-hybridized carbons (Fsp3) is 0.562. The number of Topliss-reactive ketones (excluding diaryl/α,β-unsaturated/α-hetero) is 1. The maximum absolute atomic E-state index is 11.8. The second kappa shape index (κ2) is 5.94. The standard InChI is InChI=1S/C16H23NO3/c1-17(2)11-13-7-8-14(18)10-16(13,19)12-5-4-6-15(9-12)20-3/h4-6,9,13,19H,7-8,10-11H2,1-3H3/t13-,16-/m1/s1. The Bertz CT molecular complexity index is 486. The second-order valence-corrected chi connectivity index (χ2v) is 5.87. The van der Waals surface area contributed by atoms with E-state index in [1.54, 1.807) is 7.11 Å². The highest BCUT2D eigenvalue weighted by Crippen LogP contribution is 2.41. The molecule has 0 saturated heterocycles. The first-order valence-electron chi connectivity index (χ1n) is 6.99. The number of benzene rings is 1. The molecule has 1 aromatic carbocycles. The number of carbonyl (C=O) groups excluding carboxylic acids is 1. The zero-order valence-electron chi connectivity index (χ0n) is 12.4. The molecular formula is C16H23NO3. The molecule has 1 saturated carbocycles. The monoisotopic (exact) mass is 277 g/mol. The van der Waals surface area contributed by atoms with E-state index in [9.17, 15) is 9.90 Å². The van der Waals surface area contributed by atoms with Crippen LogP contribution in [0.25, 0.3) is 0 Å². The second-order valence-electron chi connectivity index (χ2n) is 5.87. The van der Waals surface area contributed by atoms with Gasteiger partial charge in [0.05, 0.1) is 7.11 Å². The van der Waals surface area contributed by atoms with Crippen molar-refractivity contribution >= 4 is 5.78 Å². The van der Waals surface area contributed by atoms with Gasteiger partial charge in [-0.05, 0) is 38.2 Å². The molecule has 2 rings (SSSR count). The third-order valence-corrected chi connectivity index (χ3v) is 4.07. The molecule has 0 heterocycles. The van der Waals surface area contributed by atoms with E-state index in [0.29, 0.717) is 12.2 Å². The molecule has 0 bridgehead atoms. The van der Waals surface area contributed by atoms with Gasteiger partial charge in [0.2, 0.25) is 0 Å². The van der Waals surface area contributed by atoms with Crippen LogP contribution >= 0.6 is 0 Å². The van der Waals surface area contributed by atoms with Crippen LogP contribution in [0.2, 0.25) is 0 Å². The molecule has 1 aromatic rings. The Labute approximate surface area is 120 Å². The molecule has 2 atom stereocenters. The Morgan fingerprint density at radius 1 is 1.45 bits per heavy atom. The summed E-state index contributed by atoms with van der Waals surface area (Å²) in [5.74, 6) is 0.894. The lowest BCUT2D eigenvalue weighted by molar-refractivity contribution is -0.135. The van der Waals surface area contributed by atoms with Crippen LogP contribution < -0.4 is 4.74 Å². The molecule has 0 aliphatic heterocycles. The highest BCUT2D eigenvalue weighted by atomic mass is 16.5. The summed E-state index contributed by atoms with van der Waals surface area (Å²) in [7, 11) is 5.58. The van der Waals surface area contributed by atoms with Crippen molar-refractivity contribution in [3.8, 4) is 5.75 Å². The van der Waals surface area contributed by atoms with Crippen molar-refractivity contribution in [1.82, 2.24) is 4.90 Å². The number of rotatable bonds is 4. The van der Waals surface area contributed by atoms with Gasteiger partial charge in [-0.1, -0.05) is 12.1 Å². The molecule has 20 heavy (non-hydrogen) atoms. The number of hydrogen-bond acceptors (Lipinski definition) is 4. The molecule has 0 unspecified atom stereocenters. The van der Waals surface area contributed by atoms with E-state index in [1.807, 2.05) is 38.4 Å². The molecule has 1 N–H and O–H groups in total. The first-order chi connectivity index (χ1) is 9.45. The number of aliphatic hydroxyl groups is 1. The van der Waals surface area contributed by atoms with Crippen LogP contribution in [0.3, 0.4) is 0 Å². The van der Waals surface area contributed by atoms with Crippen molar-refractivity contribution in [1.29, 1.82) is 0 Å². The average Bonchev–Trinajstić information content (AvgIpc) is 2.42. The van der Waals surface area contributed by atoms with Crippen molar-refractivity contribution in [2.75, 3.05) is 27.7 Å². The van der Waals surface area contributed by atoms with Crippen molar-refractivity contribution in [2.24, 2.45) is 5.92 Å². The first-order valence-corrected chi connectivity index (χ1v) is 6.99. The lowest BCUT2D eigenvalue weighted by Crippen LogP contribution is -2.45. The maximum atomic E-state index is 11.8. The van der Waals surface area contributed by atoms with Crippen LogP contribution in [-0.4, -0.2) is 43.5 Å². The van der Waals surface area contributed by atoms with Gasteiger partial charge >= 0.3 is 0 Å². The summed E-state index contributed by atoms with van der Waals surface area (Å²) in [5.41, 5.74) is -0.314. The van der Waals surface area contributed by atoms with Crippen LogP contribution in [0.4, 0.5) is 0 Å². The number of ketones is 1. The Morgan fingerprint density at radius 3 is 2.85 bits per heavy atom. The summed E-state index contributed by atoms with van der Waals surface area (Å²) in [4.78, 5) is 13.9. The largest absolute Gasteiger partial charge is 0.497 e. The van der Waals surface area contributed by atoms with Crippen LogP contribution in [0.1, 0.15) is 24.8 Å². The van der Waals surface area contributed by atoms with Gasteiger partial charge in [-0.3, -0.25) is 4.79 Å². The van der Waals surface area contributed by atoms with Crippen molar-refractivity contribution in [2.45, 2.75) is 24.9 Å². The Morgan fingerprint density at radius 2 is 2.20 bits per heavy atom. The maximum Gasteiger partial charge on any atom is 0.136 e. The number of ether oxygens (including phenoxy) is 1. The lowest BCUT2D eigenvalue weighted by atomic mass is 9.71. The molecule has 110 valence electrons. The zero-order chi connectivity index (χ0) is 14.8. The zero-order valence-corrected chi connectivity index (χ0v) is 12.4. The SMILES string of the molecule is COc1cccc([C@]2(O)CC(=O)CC[C@@H]2CN(C)C)c1. The highest BCUT2D eigenvalue weighted by Gasteiger charge is 2.43. The minimum absolute atomic E-state index is 0.0577. The van der Waals surface area contributed by atoms with Gasteiger partial charge in [0.1, 0.15) is 17.1 Å². The molecule has 4 nitrogen and oxygen atoms in total. The van der Waals surface area contributed by atoms with Crippen molar-refractivity contribution in [3.05, 3.63) is 29.8 Å². The van der Waals surface area contributed by atoms with Gasteiger partial charge in [-0.2, -0.15) is 0 Å². The van der Waals surface area contributed by atoms with E-state index < -0.39 is 5.60 Å². The number of hydrogen-bond donors (Lipinski definition) is 1. The van der Waals surface area contributed by atoms with Crippen molar-refractivity contribution in [3.63, 3.8) is 0 Å². The van der Waals surface area contributed by atoms with Gasteiger partial charge in [0.15, 0.2) is 0 Å². The Balaban J connectivity index is 2.36. The van der Waals surface area contributed by atoms with E-state index in [4.69, 9.17) is 4.74 Å². The van der Waals surface area contributed by atoms with Gasteiger partial charge in [0.25, 0.3) is 0 Å². The molecule has 1 fully saturated rings. The topological polar surface area (TPSA) is 49.8 Å². The first kappa shape index (κ1) is 15.0. The number of methoxy groups -OCH3 is 1. The quantitative estimate of drug-likeness (QED) is 0.912. The normalized spacial score (nSPS) is 26.9. The van der Waals surface area contributed by atoms with Gasteiger partial charge in [-0.25, -0.2) is 0 Å². The van der Waals surface area contributed by atoms with Crippen LogP contribution in [0, 0.1) is 5.92 Å². The molecule has 1 aliphatic carbocycles. The summed E-state index contributed by atoms with van der Waals surface area (Å²) < 4.78 is 5.23. The molecule has 4 heteroatoms. The van der Waals surface area contributed by atoms with E-state index in [-0.39, 0.29) is 18.1 Å². The predicted molar refractivity (Wildman–Crippen MR) is 77.8 cm³/mol. The average molecular weight is 277 g/mol. The molecule has 0 radical (unpaired) electrons. The summed E-state index contributed by atoms with van der Waals surface area (Å²) in [5, 5.41) is 11.1. The summed E-state index contributed by atoms with van der Waals surface area (Å²) in [6.07, 6.45) is 1.48. The molecule has 1 aliphatic rings. The lowest BCUT2D eigenvalue weighted by Gasteiger charge is -2.41. The predicted octanol–water partition coefficient (Wildman–Crippen LogP) is 1.81. The van der Waals surface area contributed by atoms with Crippen molar-refractivity contribution < 1.29 is 14.6 Å². The van der Waals surface area contributed by atoms with E-state index in [1.165, 1.54) is 0 Å². The third-order valence-electron chi connectivity index (χ3n) is 4.07. The Hall–Kier alpha value is -1.39. The molecular weight excluding hydrogens is 254 g/mol. The fourth-order valence-electron chi connectivity index (χ4n) is 3.02. The summed E-state index contributed by atoms with van der Waals surface area (Å²) in [6, 6.07) is 7.42. The van der Waals surface area contributed by atoms with Crippen LogP contribution in [-0.2, 0) is 10.4 Å². The molecule has 0 amide bonds. The smallest absolute Gasteiger partial charge is 0.136 e. The highest BCUT2D eigenvalue weighted by molar-refractivity contribution is 5.80. The minimum atomic E-state index is -1.09. The summed E-state index contributed by atoms with van der Waals surface area (Å²) >= 11 is 0. The van der Waals surface area contributed by atoms with Crippen LogP contribution in [0.5, 0.6) is 5.75 Å².